The van der Waals surface area contributed by atoms with Gasteiger partial charge in [0.05, 0.1) is 29.1 Å². The van der Waals surface area contributed by atoms with Crippen LogP contribution < -0.4 is 5.73 Å². The van der Waals surface area contributed by atoms with Gasteiger partial charge in [0.15, 0.2) is 0 Å². The molecule has 0 amide bonds. The molecule has 0 aliphatic rings. The molecule has 0 saturated heterocycles. The number of nitrogens with zero attached hydrogens (tertiary/aromatic N) is 4. The summed E-state index contributed by atoms with van der Waals surface area (Å²) in [4.78, 5) is 9.12. The van der Waals surface area contributed by atoms with Crippen LogP contribution in [0.5, 0.6) is 0 Å². The van der Waals surface area contributed by atoms with Gasteiger partial charge < -0.3 is 10.8 Å². The van der Waals surface area contributed by atoms with Crippen molar-refractivity contribution >= 4 is 23.3 Å². The lowest BCUT2D eigenvalue weighted by molar-refractivity contribution is 0.298. The van der Waals surface area contributed by atoms with E-state index in [4.69, 9.17) is 10.8 Å². The van der Waals surface area contributed by atoms with Gasteiger partial charge in [-0.05, 0) is 30.3 Å². The Kier molecular flexibility index (Phi) is 6.36. The smallest absolute Gasteiger partial charge is 0.0884 e. The second kappa shape index (κ2) is 8.93. The Balaban J connectivity index is 0.00000225. The van der Waals surface area contributed by atoms with Gasteiger partial charge in [0.25, 0.3) is 0 Å². The maximum absolute atomic E-state index is 9.11. The van der Waals surface area contributed by atoms with Crippen molar-refractivity contribution in [3.05, 3.63) is 84.1 Å². The van der Waals surface area contributed by atoms with Crippen molar-refractivity contribution in [2.75, 3.05) is 6.61 Å². The molecule has 7 heteroatoms. The first-order valence-corrected chi connectivity index (χ1v) is 8.95. The largest absolute Gasteiger partial charge is 0.396 e. The van der Waals surface area contributed by atoms with E-state index in [-0.39, 0.29) is 25.1 Å². The molecule has 1 atom stereocenters. The van der Waals surface area contributed by atoms with Crippen LogP contribution in [-0.4, -0.2) is 31.5 Å². The molecule has 4 aromatic rings. The predicted molar refractivity (Wildman–Crippen MR) is 112 cm³/mol. The van der Waals surface area contributed by atoms with Crippen LogP contribution in [0.3, 0.4) is 0 Å². The average molecular weight is 396 g/mol. The highest BCUT2D eigenvalue weighted by Crippen LogP contribution is 2.24. The molecule has 0 aliphatic carbocycles. The summed E-state index contributed by atoms with van der Waals surface area (Å²) in [6.45, 7) is 0.0826. The van der Waals surface area contributed by atoms with Crippen LogP contribution in [0.15, 0.2) is 67.0 Å². The first kappa shape index (κ1) is 19.9. The van der Waals surface area contributed by atoms with E-state index in [9.17, 15) is 0 Å². The fourth-order valence-electron chi connectivity index (χ4n) is 3.26. The lowest BCUT2D eigenvalue weighted by atomic mass is 10.1. The number of nitrogens with two attached hydrogens (primary N) is 1. The zero-order valence-corrected chi connectivity index (χ0v) is 16.1. The molecule has 1 unspecified atom stereocenters. The topological polar surface area (TPSA) is 89.9 Å². The summed E-state index contributed by atoms with van der Waals surface area (Å²) >= 11 is 0. The van der Waals surface area contributed by atoms with Crippen molar-refractivity contribution in [2.45, 2.75) is 18.9 Å². The standard InChI is InChI=1S/C21H21N5O.ClH/c22-18(13-17-7-3-6-16(25-17)10-12-27)21-20(9-4-11-23-21)26-19-8-2-1-5-15(19)14-24-26;/h1-9,11,14,18,27H,10,12-13,22H2;1H. The molecule has 0 fully saturated rings. The lowest BCUT2D eigenvalue weighted by Crippen LogP contribution is -2.19. The monoisotopic (exact) mass is 395 g/mol. The van der Waals surface area contributed by atoms with Crippen LogP contribution in [0.4, 0.5) is 0 Å². The summed E-state index contributed by atoms with van der Waals surface area (Å²) in [5.41, 5.74) is 10.9. The Labute approximate surface area is 169 Å². The van der Waals surface area contributed by atoms with Gasteiger partial charge in [0, 0.05) is 42.4 Å². The molecular formula is C21H22ClN5O. The van der Waals surface area contributed by atoms with Crippen LogP contribution >= 0.6 is 12.4 Å². The van der Waals surface area contributed by atoms with Crippen LogP contribution in [0.1, 0.15) is 23.1 Å². The molecule has 0 bridgehead atoms. The fourth-order valence-corrected chi connectivity index (χ4v) is 3.26. The summed E-state index contributed by atoms with van der Waals surface area (Å²) in [6.07, 6.45) is 4.69. The molecule has 28 heavy (non-hydrogen) atoms. The minimum atomic E-state index is -0.318. The zero-order valence-electron chi connectivity index (χ0n) is 15.3. The molecule has 0 radical (unpaired) electrons. The first-order chi connectivity index (χ1) is 13.3. The minimum absolute atomic E-state index is 0. The van der Waals surface area contributed by atoms with E-state index in [1.165, 1.54) is 0 Å². The molecule has 0 spiro atoms. The van der Waals surface area contributed by atoms with Gasteiger partial charge in [0.1, 0.15) is 0 Å². The van der Waals surface area contributed by atoms with Crippen molar-refractivity contribution in [3.63, 3.8) is 0 Å². The van der Waals surface area contributed by atoms with E-state index >= 15 is 0 Å². The zero-order chi connectivity index (χ0) is 18.6. The van der Waals surface area contributed by atoms with Crippen molar-refractivity contribution in [1.29, 1.82) is 0 Å². The van der Waals surface area contributed by atoms with Gasteiger partial charge in [-0.2, -0.15) is 5.10 Å². The van der Waals surface area contributed by atoms with Gasteiger partial charge >= 0.3 is 0 Å². The predicted octanol–water partition coefficient (Wildman–Crippen LogP) is 3.01. The molecule has 1 aromatic carbocycles. The second-order valence-electron chi connectivity index (χ2n) is 6.43. The van der Waals surface area contributed by atoms with Gasteiger partial charge in [-0.15, -0.1) is 12.4 Å². The van der Waals surface area contributed by atoms with Gasteiger partial charge in [-0.1, -0.05) is 24.3 Å². The van der Waals surface area contributed by atoms with Crippen LogP contribution in [0, 0.1) is 0 Å². The molecular weight excluding hydrogens is 374 g/mol. The summed E-state index contributed by atoms with van der Waals surface area (Å²) in [7, 11) is 0. The van der Waals surface area contributed by atoms with Crippen LogP contribution in [-0.2, 0) is 12.8 Å². The third-order valence-corrected chi connectivity index (χ3v) is 4.53. The molecule has 3 N–H and O–H groups in total. The Hall–Kier alpha value is -2.80. The maximum Gasteiger partial charge on any atom is 0.0884 e. The van der Waals surface area contributed by atoms with E-state index in [1.54, 1.807) is 6.20 Å². The van der Waals surface area contributed by atoms with E-state index in [1.807, 2.05) is 65.5 Å². The molecule has 4 rings (SSSR count). The third kappa shape index (κ3) is 4.04. The lowest BCUT2D eigenvalue weighted by Gasteiger charge is -2.16. The fraction of sp³-hybridized carbons (Fsp3) is 0.190. The first-order valence-electron chi connectivity index (χ1n) is 8.95. The van der Waals surface area contributed by atoms with E-state index in [0.29, 0.717) is 12.8 Å². The summed E-state index contributed by atoms with van der Waals surface area (Å²) in [6, 6.07) is 17.4. The molecule has 0 aliphatic heterocycles. The maximum atomic E-state index is 9.11. The highest BCUT2D eigenvalue weighted by Gasteiger charge is 2.17. The Morgan fingerprint density at radius 3 is 2.68 bits per heavy atom. The number of rotatable bonds is 6. The number of aromatic nitrogens is 4. The summed E-state index contributed by atoms with van der Waals surface area (Å²) in [5, 5.41) is 14.7. The number of fused-ring (bicyclic) bond motifs is 1. The van der Waals surface area contributed by atoms with Gasteiger partial charge in [0.2, 0.25) is 0 Å². The second-order valence-corrected chi connectivity index (χ2v) is 6.43. The van der Waals surface area contributed by atoms with E-state index in [0.717, 1.165) is 33.7 Å². The minimum Gasteiger partial charge on any atom is -0.396 e. The van der Waals surface area contributed by atoms with Gasteiger partial charge in [-0.25, -0.2) is 4.68 Å². The summed E-state index contributed by atoms with van der Waals surface area (Å²) in [5.74, 6) is 0. The third-order valence-electron chi connectivity index (χ3n) is 4.53. The van der Waals surface area contributed by atoms with Gasteiger partial charge in [-0.3, -0.25) is 9.97 Å². The Morgan fingerprint density at radius 1 is 1.00 bits per heavy atom. The number of benzene rings is 1. The van der Waals surface area contributed by atoms with Crippen molar-refractivity contribution in [1.82, 2.24) is 19.7 Å². The summed E-state index contributed by atoms with van der Waals surface area (Å²) < 4.78 is 1.88. The average Bonchev–Trinajstić information content (AvgIpc) is 3.12. The number of para-hydroxylation sites is 1. The van der Waals surface area contributed by atoms with Crippen molar-refractivity contribution in [2.24, 2.45) is 5.73 Å². The number of hydrogen-bond acceptors (Lipinski definition) is 5. The van der Waals surface area contributed by atoms with Crippen LogP contribution in [0.2, 0.25) is 0 Å². The Morgan fingerprint density at radius 2 is 1.82 bits per heavy atom. The highest BCUT2D eigenvalue weighted by molar-refractivity contribution is 5.85. The van der Waals surface area contributed by atoms with Crippen LogP contribution in [0.25, 0.3) is 16.6 Å². The molecule has 144 valence electrons. The molecule has 6 nitrogen and oxygen atoms in total. The van der Waals surface area contributed by atoms with Crippen molar-refractivity contribution < 1.29 is 5.11 Å². The number of pyridine rings is 2. The quantitative estimate of drug-likeness (QED) is 0.523. The number of aliphatic hydroxyl groups excluding tert-OH is 1. The molecule has 3 heterocycles. The molecule has 3 aromatic heterocycles. The van der Waals surface area contributed by atoms with E-state index in [2.05, 4.69) is 15.1 Å². The SMILES string of the molecule is Cl.NC(Cc1cccc(CCO)n1)c1ncccc1-n1ncc2ccccc21. The number of halogens is 1. The van der Waals surface area contributed by atoms with E-state index < -0.39 is 0 Å². The number of hydrogen-bond donors (Lipinski definition) is 2. The molecule has 0 saturated carbocycles. The Bertz CT molecular complexity index is 1070. The highest BCUT2D eigenvalue weighted by atomic mass is 35.5. The normalized spacial score (nSPS) is 11.9. The van der Waals surface area contributed by atoms with Crippen molar-refractivity contribution in [3.8, 4) is 5.69 Å². The number of aliphatic hydroxyl groups is 1.